The second-order valence-electron chi connectivity index (χ2n) is 10.5. The second-order valence-corrected chi connectivity index (χ2v) is 12.4. The van der Waals surface area contributed by atoms with Gasteiger partial charge in [0.1, 0.15) is 0 Å². The normalized spacial score (nSPS) is 17.0. The molecule has 1 heterocycles. The molecule has 2 amide bonds. The quantitative estimate of drug-likeness (QED) is 0.280. The average molecular weight is 581 g/mol. The van der Waals surface area contributed by atoms with Crippen molar-refractivity contribution >= 4 is 33.4 Å². The summed E-state index contributed by atoms with van der Waals surface area (Å²) in [5, 5.41) is 14.2. The molecule has 4 rings (SSSR count). The fraction of sp³-hybridized carbons (Fsp3) is 0.333. The summed E-state index contributed by atoms with van der Waals surface area (Å²) in [6.45, 7) is 3.67. The highest BCUT2D eigenvalue weighted by Gasteiger charge is 2.39. The number of nitrogens with two attached hydrogens (primary N) is 1. The molecule has 3 aromatic rings. The molecule has 1 aliphatic rings. The Morgan fingerprint density at radius 3 is 2.24 bits per heavy atom. The number of nitrogen functional groups attached to an aromatic ring is 1. The van der Waals surface area contributed by atoms with E-state index in [0.717, 1.165) is 5.56 Å². The van der Waals surface area contributed by atoms with E-state index in [1.807, 2.05) is 50.2 Å². The van der Waals surface area contributed by atoms with E-state index in [1.165, 1.54) is 33.5 Å². The zero-order valence-corrected chi connectivity index (χ0v) is 23.9. The molecular formula is C30H36N4O6S. The minimum atomic E-state index is -3.97. The zero-order chi connectivity index (χ0) is 29.6. The molecule has 3 aromatic carbocycles. The van der Waals surface area contributed by atoms with Crippen molar-refractivity contribution in [2.75, 3.05) is 30.3 Å². The number of cyclic esters (lactones) is 1. The summed E-state index contributed by atoms with van der Waals surface area (Å²) >= 11 is 0. The van der Waals surface area contributed by atoms with E-state index in [-0.39, 0.29) is 36.9 Å². The van der Waals surface area contributed by atoms with Crippen LogP contribution in [0.15, 0.2) is 89.8 Å². The third kappa shape index (κ3) is 7.63. The van der Waals surface area contributed by atoms with Gasteiger partial charge in [-0.1, -0.05) is 62.4 Å². The van der Waals surface area contributed by atoms with Gasteiger partial charge in [-0.2, -0.15) is 4.31 Å². The molecule has 0 saturated carbocycles. The number of anilines is 2. The van der Waals surface area contributed by atoms with Gasteiger partial charge in [-0.05, 0) is 54.3 Å². The van der Waals surface area contributed by atoms with Gasteiger partial charge in [0.15, 0.2) is 6.10 Å². The molecule has 41 heavy (non-hydrogen) atoms. The van der Waals surface area contributed by atoms with Crippen LogP contribution in [-0.2, 0) is 26.0 Å². The maximum absolute atomic E-state index is 13.6. The number of carbonyl (C=O) groups is 2. The van der Waals surface area contributed by atoms with Gasteiger partial charge in [-0.25, -0.2) is 13.2 Å². The Labute approximate surface area is 240 Å². The number of aliphatic hydroxyl groups excluding tert-OH is 1. The van der Waals surface area contributed by atoms with Crippen molar-refractivity contribution < 1.29 is 27.9 Å². The van der Waals surface area contributed by atoms with Crippen LogP contribution in [0.5, 0.6) is 0 Å². The zero-order valence-electron chi connectivity index (χ0n) is 23.1. The number of ether oxygens (including phenoxy) is 1. The predicted octanol–water partition coefficient (Wildman–Crippen LogP) is 3.03. The molecule has 10 nitrogen and oxygen atoms in total. The first kappa shape index (κ1) is 30.0. The van der Waals surface area contributed by atoms with E-state index in [2.05, 4.69) is 5.32 Å². The van der Waals surface area contributed by atoms with Gasteiger partial charge in [0, 0.05) is 24.5 Å². The average Bonchev–Trinajstić information content (AvgIpc) is 3.35. The number of rotatable bonds is 12. The first-order valence-electron chi connectivity index (χ1n) is 13.5. The number of nitrogens with one attached hydrogen (secondary N) is 1. The Balaban J connectivity index is 1.54. The molecule has 0 aromatic heterocycles. The third-order valence-electron chi connectivity index (χ3n) is 6.74. The summed E-state index contributed by atoms with van der Waals surface area (Å²) in [7, 11) is -3.97. The first-order valence-corrected chi connectivity index (χ1v) is 14.9. The van der Waals surface area contributed by atoms with Crippen molar-refractivity contribution in [3.05, 3.63) is 90.5 Å². The first-order chi connectivity index (χ1) is 19.5. The number of para-hydroxylation sites is 1. The minimum Gasteiger partial charge on any atom is -0.434 e. The van der Waals surface area contributed by atoms with Crippen molar-refractivity contribution in [1.29, 1.82) is 0 Å². The molecule has 3 atom stereocenters. The monoisotopic (exact) mass is 580 g/mol. The van der Waals surface area contributed by atoms with Gasteiger partial charge in [0.05, 0.1) is 23.6 Å². The predicted molar refractivity (Wildman–Crippen MR) is 157 cm³/mol. The number of aliphatic hydroxyl groups is 1. The summed E-state index contributed by atoms with van der Waals surface area (Å²) in [5.74, 6) is -0.608. The van der Waals surface area contributed by atoms with Crippen LogP contribution in [-0.4, -0.2) is 67.7 Å². The summed E-state index contributed by atoms with van der Waals surface area (Å²) in [6.07, 6.45) is -2.79. The van der Waals surface area contributed by atoms with Gasteiger partial charge < -0.3 is 20.9 Å². The van der Waals surface area contributed by atoms with E-state index < -0.39 is 40.3 Å². The summed E-state index contributed by atoms with van der Waals surface area (Å²) < 4.78 is 33.7. The molecule has 0 bridgehead atoms. The highest BCUT2D eigenvalue weighted by molar-refractivity contribution is 7.89. The molecule has 1 aliphatic heterocycles. The molecule has 11 heteroatoms. The van der Waals surface area contributed by atoms with E-state index in [1.54, 1.807) is 24.3 Å². The number of benzene rings is 3. The van der Waals surface area contributed by atoms with Crippen molar-refractivity contribution in [2.24, 2.45) is 5.92 Å². The molecule has 0 radical (unpaired) electrons. The fourth-order valence-corrected chi connectivity index (χ4v) is 6.27. The highest BCUT2D eigenvalue weighted by atomic mass is 32.2. The van der Waals surface area contributed by atoms with Gasteiger partial charge >= 0.3 is 6.09 Å². The molecule has 4 N–H and O–H groups in total. The Kier molecular flexibility index (Phi) is 9.64. The van der Waals surface area contributed by atoms with Crippen molar-refractivity contribution in [3.63, 3.8) is 0 Å². The standard InChI is InChI=1S/C30H36N4O6S/c1-21(2)18-33(41(38,39)25-15-13-23(31)14-16-25)19-27(35)26(17-22-9-5-3-6-10-22)32-29(36)28-20-34(30(37)40-28)24-11-7-4-8-12-24/h3-16,21,26-28,35H,17-20,31H2,1-2H3,(H,32,36)/t26-,27+,28-/m0/s1. The molecule has 0 unspecified atom stereocenters. The van der Waals surface area contributed by atoms with E-state index in [0.29, 0.717) is 11.4 Å². The summed E-state index contributed by atoms with van der Waals surface area (Å²) in [5.41, 5.74) is 7.62. The summed E-state index contributed by atoms with van der Waals surface area (Å²) in [4.78, 5) is 27.3. The van der Waals surface area contributed by atoms with E-state index >= 15 is 0 Å². The van der Waals surface area contributed by atoms with Crippen LogP contribution >= 0.6 is 0 Å². The number of carbonyl (C=O) groups excluding carboxylic acids is 2. The SMILES string of the molecule is CC(C)CN(C[C@@H](O)[C@H](Cc1ccccc1)NC(=O)[C@@H]1CN(c2ccccc2)C(=O)O1)S(=O)(=O)c1ccc(N)cc1. The van der Waals surface area contributed by atoms with Gasteiger partial charge in [0.25, 0.3) is 5.91 Å². The second kappa shape index (κ2) is 13.2. The van der Waals surface area contributed by atoms with Gasteiger partial charge in [-0.3, -0.25) is 9.69 Å². The van der Waals surface area contributed by atoms with E-state index in [9.17, 15) is 23.1 Å². The molecule has 218 valence electrons. The van der Waals surface area contributed by atoms with Crippen molar-refractivity contribution in [1.82, 2.24) is 9.62 Å². The maximum Gasteiger partial charge on any atom is 0.415 e. The Bertz CT molecular complexity index is 1420. The smallest absolute Gasteiger partial charge is 0.415 e. The Hall–Kier alpha value is -3.93. The number of amides is 2. The van der Waals surface area contributed by atoms with Crippen LogP contribution < -0.4 is 16.0 Å². The lowest BCUT2D eigenvalue weighted by Gasteiger charge is -2.31. The van der Waals surface area contributed by atoms with Crippen LogP contribution in [0.4, 0.5) is 16.2 Å². The van der Waals surface area contributed by atoms with Crippen LogP contribution in [0.25, 0.3) is 0 Å². The largest absolute Gasteiger partial charge is 0.434 e. The maximum atomic E-state index is 13.6. The molecule has 1 fully saturated rings. The lowest BCUT2D eigenvalue weighted by molar-refractivity contribution is -0.129. The number of sulfonamides is 1. The van der Waals surface area contributed by atoms with Crippen LogP contribution in [0, 0.1) is 5.92 Å². The Morgan fingerprint density at radius 2 is 1.63 bits per heavy atom. The van der Waals surface area contributed by atoms with E-state index in [4.69, 9.17) is 10.5 Å². The Morgan fingerprint density at radius 1 is 1.02 bits per heavy atom. The number of nitrogens with zero attached hydrogens (tertiary/aromatic N) is 2. The number of hydrogen-bond donors (Lipinski definition) is 3. The lowest BCUT2D eigenvalue weighted by Crippen LogP contribution is -2.53. The molecule has 0 spiro atoms. The molecule has 0 aliphatic carbocycles. The fourth-order valence-electron chi connectivity index (χ4n) is 4.65. The molecular weight excluding hydrogens is 544 g/mol. The van der Waals surface area contributed by atoms with Crippen LogP contribution in [0.1, 0.15) is 19.4 Å². The lowest BCUT2D eigenvalue weighted by atomic mass is 10.0. The van der Waals surface area contributed by atoms with Gasteiger partial charge in [0.2, 0.25) is 10.0 Å². The van der Waals surface area contributed by atoms with Gasteiger partial charge in [-0.15, -0.1) is 0 Å². The topological polar surface area (TPSA) is 142 Å². The van der Waals surface area contributed by atoms with Crippen LogP contribution in [0.3, 0.4) is 0 Å². The summed E-state index contributed by atoms with van der Waals surface area (Å²) in [6, 6.07) is 23.1. The molecule has 1 saturated heterocycles. The highest BCUT2D eigenvalue weighted by Crippen LogP contribution is 2.23. The third-order valence-corrected chi connectivity index (χ3v) is 8.59. The van der Waals surface area contributed by atoms with Crippen molar-refractivity contribution in [2.45, 2.75) is 43.4 Å². The number of hydrogen-bond acceptors (Lipinski definition) is 7. The minimum absolute atomic E-state index is 0.00776. The van der Waals surface area contributed by atoms with Crippen LogP contribution in [0.2, 0.25) is 0 Å². The van der Waals surface area contributed by atoms with Crippen molar-refractivity contribution in [3.8, 4) is 0 Å².